The van der Waals surface area contributed by atoms with Crippen molar-refractivity contribution in [2.45, 2.75) is 25.7 Å². The second kappa shape index (κ2) is 3.95. The third kappa shape index (κ3) is 2.03. The summed E-state index contributed by atoms with van der Waals surface area (Å²) >= 11 is 0. The Morgan fingerprint density at radius 1 is 1.29 bits per heavy atom. The number of hydrogen-bond acceptors (Lipinski definition) is 2. The molecule has 1 heterocycles. The lowest BCUT2D eigenvalue weighted by Crippen LogP contribution is -2.19. The third-order valence-electron chi connectivity index (χ3n) is 2.41. The Morgan fingerprint density at radius 3 is 2.64 bits per heavy atom. The molecule has 0 aromatic heterocycles. The van der Waals surface area contributed by atoms with Gasteiger partial charge in [-0.15, -0.1) is 0 Å². The van der Waals surface area contributed by atoms with Crippen molar-refractivity contribution in [3.63, 3.8) is 0 Å². The minimum atomic E-state index is -0.756. The fourth-order valence-electron chi connectivity index (χ4n) is 1.72. The zero-order chi connectivity index (χ0) is 9.97. The first-order valence-corrected chi connectivity index (χ1v) is 4.81. The molecule has 2 rings (SSSR count). The molecular weight excluding hydrogens is 176 g/mol. The van der Waals surface area contributed by atoms with Crippen LogP contribution in [0.15, 0.2) is 42.0 Å². The minimum absolute atomic E-state index is 0.00352. The Morgan fingerprint density at radius 2 is 2.00 bits per heavy atom. The first kappa shape index (κ1) is 9.44. The first-order chi connectivity index (χ1) is 6.75. The lowest BCUT2D eigenvalue weighted by Gasteiger charge is -2.25. The normalized spacial score (nSPS) is 27.1. The van der Waals surface area contributed by atoms with E-state index in [1.807, 2.05) is 37.3 Å². The molecule has 0 saturated carbocycles. The summed E-state index contributed by atoms with van der Waals surface area (Å²) in [5.74, 6) is 0. The molecule has 2 atom stereocenters. The van der Waals surface area contributed by atoms with E-state index in [9.17, 15) is 5.11 Å². The smallest absolute Gasteiger partial charge is 0.175 e. The van der Waals surface area contributed by atoms with E-state index in [2.05, 4.69) is 0 Å². The molecule has 0 spiro atoms. The number of hydrogen-bond donors (Lipinski definition) is 1. The van der Waals surface area contributed by atoms with Gasteiger partial charge < -0.3 is 9.84 Å². The molecule has 14 heavy (non-hydrogen) atoms. The number of aliphatic hydroxyl groups excluding tert-OH is 1. The standard InChI is InChI=1S/C12H14O2/c1-9-7-11(14-12(13)8-9)10-5-3-2-4-6-10/h2-6,8,11-13H,7H2,1H3. The van der Waals surface area contributed by atoms with Crippen LogP contribution in [0.3, 0.4) is 0 Å². The van der Waals surface area contributed by atoms with Crippen molar-refractivity contribution in [2.24, 2.45) is 0 Å². The highest BCUT2D eigenvalue weighted by molar-refractivity contribution is 5.21. The molecule has 1 aromatic carbocycles. The molecule has 1 aromatic rings. The van der Waals surface area contributed by atoms with Gasteiger partial charge in [-0.25, -0.2) is 0 Å². The van der Waals surface area contributed by atoms with Crippen molar-refractivity contribution in [1.82, 2.24) is 0 Å². The van der Waals surface area contributed by atoms with Gasteiger partial charge in [-0.05, 0) is 25.0 Å². The Balaban J connectivity index is 2.18. The fraction of sp³-hybridized carbons (Fsp3) is 0.333. The largest absolute Gasteiger partial charge is 0.365 e. The topological polar surface area (TPSA) is 29.5 Å². The predicted molar refractivity (Wildman–Crippen MR) is 54.6 cm³/mol. The third-order valence-corrected chi connectivity index (χ3v) is 2.41. The summed E-state index contributed by atoms with van der Waals surface area (Å²) in [7, 11) is 0. The van der Waals surface area contributed by atoms with Crippen LogP contribution >= 0.6 is 0 Å². The van der Waals surface area contributed by atoms with Gasteiger partial charge in [0.15, 0.2) is 6.29 Å². The molecule has 2 unspecified atom stereocenters. The van der Waals surface area contributed by atoms with E-state index in [0.717, 1.165) is 12.0 Å². The van der Waals surface area contributed by atoms with E-state index in [-0.39, 0.29) is 6.10 Å². The van der Waals surface area contributed by atoms with Crippen LogP contribution in [0.1, 0.15) is 25.0 Å². The zero-order valence-corrected chi connectivity index (χ0v) is 8.18. The lowest BCUT2D eigenvalue weighted by molar-refractivity contribution is -0.115. The molecule has 0 radical (unpaired) electrons. The SMILES string of the molecule is CC1=CC(O)OC(c2ccccc2)C1. The van der Waals surface area contributed by atoms with Gasteiger partial charge in [-0.1, -0.05) is 35.9 Å². The summed E-state index contributed by atoms with van der Waals surface area (Å²) in [4.78, 5) is 0. The summed E-state index contributed by atoms with van der Waals surface area (Å²) in [5, 5.41) is 9.41. The Bertz CT molecular complexity index is 329. The van der Waals surface area contributed by atoms with E-state index in [1.165, 1.54) is 5.57 Å². The molecule has 0 amide bonds. The predicted octanol–water partition coefficient (Wildman–Crippen LogP) is 2.41. The highest BCUT2D eigenvalue weighted by atomic mass is 16.6. The van der Waals surface area contributed by atoms with E-state index < -0.39 is 6.29 Å². The molecule has 0 aliphatic carbocycles. The molecule has 1 aliphatic rings. The number of aliphatic hydroxyl groups is 1. The second-order valence-electron chi connectivity index (χ2n) is 3.64. The average Bonchev–Trinajstić information content (AvgIpc) is 2.18. The molecule has 0 saturated heterocycles. The average molecular weight is 190 g/mol. The van der Waals surface area contributed by atoms with Gasteiger partial charge in [0.1, 0.15) is 0 Å². The van der Waals surface area contributed by atoms with Crippen molar-refractivity contribution in [2.75, 3.05) is 0 Å². The number of ether oxygens (including phenoxy) is 1. The highest BCUT2D eigenvalue weighted by Crippen LogP contribution is 2.29. The fourth-order valence-corrected chi connectivity index (χ4v) is 1.72. The van der Waals surface area contributed by atoms with Crippen LogP contribution < -0.4 is 0 Å². The molecule has 1 N–H and O–H groups in total. The molecule has 2 heteroatoms. The van der Waals surface area contributed by atoms with Gasteiger partial charge in [0.05, 0.1) is 6.10 Å². The van der Waals surface area contributed by atoms with E-state index >= 15 is 0 Å². The lowest BCUT2D eigenvalue weighted by atomic mass is 10.00. The summed E-state index contributed by atoms with van der Waals surface area (Å²) in [5.41, 5.74) is 2.30. The van der Waals surface area contributed by atoms with Gasteiger partial charge in [-0.2, -0.15) is 0 Å². The van der Waals surface area contributed by atoms with Crippen LogP contribution in [-0.2, 0) is 4.74 Å². The quantitative estimate of drug-likeness (QED) is 0.689. The van der Waals surface area contributed by atoms with Crippen LogP contribution in [0.2, 0.25) is 0 Å². The van der Waals surface area contributed by atoms with Crippen molar-refractivity contribution >= 4 is 0 Å². The maximum atomic E-state index is 9.41. The monoisotopic (exact) mass is 190 g/mol. The highest BCUT2D eigenvalue weighted by Gasteiger charge is 2.20. The van der Waals surface area contributed by atoms with E-state index in [0.29, 0.717) is 0 Å². The Kier molecular flexibility index (Phi) is 2.66. The Labute approximate surface area is 83.8 Å². The molecule has 0 fully saturated rings. The van der Waals surface area contributed by atoms with Crippen LogP contribution in [-0.4, -0.2) is 11.4 Å². The maximum absolute atomic E-state index is 9.41. The second-order valence-corrected chi connectivity index (χ2v) is 3.64. The van der Waals surface area contributed by atoms with Gasteiger partial charge in [0, 0.05) is 0 Å². The van der Waals surface area contributed by atoms with Crippen molar-refractivity contribution < 1.29 is 9.84 Å². The van der Waals surface area contributed by atoms with Gasteiger partial charge >= 0.3 is 0 Å². The van der Waals surface area contributed by atoms with Crippen molar-refractivity contribution in [3.05, 3.63) is 47.5 Å². The summed E-state index contributed by atoms with van der Waals surface area (Å²) < 4.78 is 5.42. The molecule has 0 bridgehead atoms. The van der Waals surface area contributed by atoms with E-state index in [4.69, 9.17) is 4.74 Å². The number of rotatable bonds is 1. The van der Waals surface area contributed by atoms with Crippen LogP contribution in [0.5, 0.6) is 0 Å². The maximum Gasteiger partial charge on any atom is 0.175 e. The summed E-state index contributed by atoms with van der Waals surface area (Å²) in [6.07, 6.45) is 1.85. The first-order valence-electron chi connectivity index (χ1n) is 4.81. The van der Waals surface area contributed by atoms with Gasteiger partial charge in [-0.3, -0.25) is 0 Å². The number of benzene rings is 1. The van der Waals surface area contributed by atoms with E-state index in [1.54, 1.807) is 6.08 Å². The minimum Gasteiger partial charge on any atom is -0.365 e. The summed E-state index contributed by atoms with van der Waals surface area (Å²) in [6.45, 7) is 2.02. The van der Waals surface area contributed by atoms with Crippen LogP contribution in [0, 0.1) is 0 Å². The van der Waals surface area contributed by atoms with Gasteiger partial charge in [0.2, 0.25) is 0 Å². The van der Waals surface area contributed by atoms with Crippen LogP contribution in [0.4, 0.5) is 0 Å². The molecule has 2 nitrogen and oxygen atoms in total. The van der Waals surface area contributed by atoms with Crippen molar-refractivity contribution in [3.8, 4) is 0 Å². The van der Waals surface area contributed by atoms with Crippen LogP contribution in [0.25, 0.3) is 0 Å². The van der Waals surface area contributed by atoms with Gasteiger partial charge in [0.25, 0.3) is 0 Å². The molecular formula is C12H14O2. The zero-order valence-electron chi connectivity index (χ0n) is 8.18. The molecule has 1 aliphatic heterocycles. The molecule has 74 valence electrons. The van der Waals surface area contributed by atoms with Crippen molar-refractivity contribution in [1.29, 1.82) is 0 Å². The summed E-state index contributed by atoms with van der Waals surface area (Å²) in [6, 6.07) is 9.99. The Hall–Kier alpha value is -1.12.